The third-order valence-corrected chi connectivity index (χ3v) is 6.49. The number of hydrogen-bond acceptors (Lipinski definition) is 8. The zero-order valence-corrected chi connectivity index (χ0v) is 20.9. The van der Waals surface area contributed by atoms with Crippen molar-refractivity contribution in [3.63, 3.8) is 0 Å². The van der Waals surface area contributed by atoms with Gasteiger partial charge in [-0.25, -0.2) is 4.98 Å². The number of aryl methyl sites for hydroxylation is 1. The number of pyridine rings is 1. The van der Waals surface area contributed by atoms with Crippen molar-refractivity contribution in [1.82, 2.24) is 14.3 Å². The Kier molecular flexibility index (Phi) is 7.50. The summed E-state index contributed by atoms with van der Waals surface area (Å²) in [6, 6.07) is 7.25. The number of nitrogens with one attached hydrogen (secondary N) is 1. The lowest BCUT2D eigenvalue weighted by Gasteiger charge is -2.13. The van der Waals surface area contributed by atoms with Gasteiger partial charge in [0.1, 0.15) is 21.5 Å². The molecule has 0 aliphatic carbocycles. The maximum absolute atomic E-state index is 13.4. The predicted octanol–water partition coefficient (Wildman–Crippen LogP) is 4.22. The number of fused-ring (bicyclic) bond motifs is 1. The van der Waals surface area contributed by atoms with Crippen LogP contribution in [0.4, 0.5) is 5.82 Å². The first-order chi connectivity index (χ1) is 16.3. The van der Waals surface area contributed by atoms with Crippen LogP contribution in [-0.2, 0) is 16.1 Å². The van der Waals surface area contributed by atoms with Gasteiger partial charge in [0.15, 0.2) is 0 Å². The van der Waals surface area contributed by atoms with Crippen LogP contribution in [0.2, 0.25) is 0 Å². The molecule has 1 aliphatic heterocycles. The van der Waals surface area contributed by atoms with E-state index in [2.05, 4.69) is 10.3 Å². The zero-order chi connectivity index (χ0) is 24.2. The number of hydrogen-bond donors (Lipinski definition) is 1. The normalized spacial score (nSPS) is 15.3. The van der Waals surface area contributed by atoms with Gasteiger partial charge in [-0.2, -0.15) is 0 Å². The minimum absolute atomic E-state index is 0.158. The van der Waals surface area contributed by atoms with Gasteiger partial charge in [0, 0.05) is 19.3 Å². The van der Waals surface area contributed by atoms with Gasteiger partial charge in [0.2, 0.25) is 0 Å². The number of rotatable bonds is 9. The lowest BCUT2D eigenvalue weighted by atomic mass is 10.2. The molecule has 1 fully saturated rings. The van der Waals surface area contributed by atoms with Crippen molar-refractivity contribution >= 4 is 51.7 Å². The van der Waals surface area contributed by atoms with Crippen molar-refractivity contribution in [3.8, 4) is 0 Å². The number of ether oxygens (including phenoxy) is 1. The van der Waals surface area contributed by atoms with E-state index in [1.54, 1.807) is 36.7 Å². The number of aromatic nitrogens is 2. The molecule has 34 heavy (non-hydrogen) atoms. The van der Waals surface area contributed by atoms with E-state index in [9.17, 15) is 9.59 Å². The minimum Gasteiger partial charge on any atom is -0.467 e. The van der Waals surface area contributed by atoms with E-state index in [-0.39, 0.29) is 24.1 Å². The van der Waals surface area contributed by atoms with Crippen LogP contribution >= 0.6 is 24.0 Å². The molecule has 10 heteroatoms. The molecule has 1 aliphatic rings. The highest BCUT2D eigenvalue weighted by molar-refractivity contribution is 8.26. The number of thioether (sulfide) groups is 1. The molecule has 4 rings (SSSR count). The third kappa shape index (κ3) is 5.40. The lowest BCUT2D eigenvalue weighted by Crippen LogP contribution is -2.27. The molecule has 1 N–H and O–H groups in total. The molecule has 0 radical (unpaired) electrons. The topological polar surface area (TPSA) is 89.1 Å². The average molecular weight is 499 g/mol. The summed E-state index contributed by atoms with van der Waals surface area (Å²) in [6.45, 7) is 7.29. The first kappa shape index (κ1) is 24.2. The van der Waals surface area contributed by atoms with E-state index in [4.69, 9.17) is 21.4 Å². The number of carbonyl (C=O) groups is 1. The molecule has 0 spiro atoms. The van der Waals surface area contributed by atoms with E-state index in [1.807, 2.05) is 26.8 Å². The summed E-state index contributed by atoms with van der Waals surface area (Å²) in [5.41, 5.74) is 1.51. The molecule has 0 atom stereocenters. The van der Waals surface area contributed by atoms with Crippen LogP contribution in [0.3, 0.4) is 0 Å². The van der Waals surface area contributed by atoms with Crippen molar-refractivity contribution in [3.05, 3.63) is 68.9 Å². The quantitative estimate of drug-likeness (QED) is 0.266. The Balaban J connectivity index is 1.66. The van der Waals surface area contributed by atoms with Crippen LogP contribution in [0, 0.1) is 6.92 Å². The van der Waals surface area contributed by atoms with Gasteiger partial charge in [-0.15, -0.1) is 0 Å². The Hall–Kier alpha value is -2.95. The van der Waals surface area contributed by atoms with Crippen LogP contribution in [0.25, 0.3) is 11.7 Å². The lowest BCUT2D eigenvalue weighted by molar-refractivity contribution is -0.122. The van der Waals surface area contributed by atoms with Crippen LogP contribution in [-0.4, -0.2) is 43.8 Å². The van der Waals surface area contributed by atoms with E-state index in [1.165, 1.54) is 9.30 Å². The van der Waals surface area contributed by atoms with Gasteiger partial charge in [0.25, 0.3) is 11.5 Å². The fourth-order valence-corrected chi connectivity index (χ4v) is 4.68. The number of carbonyl (C=O) groups excluding carboxylic acids is 1. The third-order valence-electron chi connectivity index (χ3n) is 5.11. The second-order valence-electron chi connectivity index (χ2n) is 8.16. The second-order valence-corrected chi connectivity index (χ2v) is 9.84. The Morgan fingerprint density at radius 2 is 2.12 bits per heavy atom. The maximum atomic E-state index is 13.4. The standard InChI is InChI=1S/C24H26N4O4S2/c1-15(2)31-11-5-9-25-21-18(22(29)27-13-16(3)7-8-20(27)26-21)12-19-23(30)28(24(33)34-19)14-17-6-4-10-32-17/h4,6-8,10,12-13,15,25H,5,9,11,14H2,1-3H3/b19-12-. The van der Waals surface area contributed by atoms with Crippen LogP contribution in [0.1, 0.15) is 37.2 Å². The van der Waals surface area contributed by atoms with Gasteiger partial charge in [-0.1, -0.05) is 30.0 Å². The van der Waals surface area contributed by atoms with E-state index in [0.29, 0.717) is 45.2 Å². The molecule has 3 aromatic rings. The predicted molar refractivity (Wildman–Crippen MR) is 138 cm³/mol. The van der Waals surface area contributed by atoms with Gasteiger partial charge in [0.05, 0.1) is 29.4 Å². The monoisotopic (exact) mass is 498 g/mol. The molecule has 4 heterocycles. The Bertz CT molecular complexity index is 1300. The molecular weight excluding hydrogens is 472 g/mol. The first-order valence-corrected chi connectivity index (χ1v) is 12.2. The summed E-state index contributed by atoms with van der Waals surface area (Å²) < 4.78 is 12.9. The minimum atomic E-state index is -0.267. The number of anilines is 1. The van der Waals surface area contributed by atoms with Crippen LogP contribution in [0.15, 0.2) is 50.8 Å². The highest BCUT2D eigenvalue weighted by Gasteiger charge is 2.33. The van der Waals surface area contributed by atoms with Crippen molar-refractivity contribution in [1.29, 1.82) is 0 Å². The van der Waals surface area contributed by atoms with Crippen LogP contribution < -0.4 is 10.9 Å². The highest BCUT2D eigenvalue weighted by Crippen LogP contribution is 2.34. The smallest absolute Gasteiger partial charge is 0.267 e. The summed E-state index contributed by atoms with van der Waals surface area (Å²) in [6.07, 6.45) is 5.78. The zero-order valence-electron chi connectivity index (χ0n) is 19.2. The maximum Gasteiger partial charge on any atom is 0.267 e. The summed E-state index contributed by atoms with van der Waals surface area (Å²) >= 11 is 6.58. The summed E-state index contributed by atoms with van der Waals surface area (Å²) in [5.74, 6) is 0.789. The molecule has 0 bridgehead atoms. The number of nitrogens with zero attached hydrogens (tertiary/aromatic N) is 3. The van der Waals surface area contributed by atoms with Gasteiger partial charge < -0.3 is 14.5 Å². The Morgan fingerprint density at radius 3 is 2.85 bits per heavy atom. The Morgan fingerprint density at radius 1 is 1.29 bits per heavy atom. The van der Waals surface area contributed by atoms with Crippen molar-refractivity contribution in [2.45, 2.75) is 39.8 Å². The molecule has 3 aromatic heterocycles. The van der Waals surface area contributed by atoms with E-state index >= 15 is 0 Å². The van der Waals surface area contributed by atoms with E-state index in [0.717, 1.165) is 23.7 Å². The molecule has 0 aromatic carbocycles. The SMILES string of the molecule is Cc1ccc2nc(NCCCOC(C)C)c(/C=C3\SC(=S)N(Cc4ccco4)C3=O)c(=O)n2c1. The second kappa shape index (κ2) is 10.5. The molecule has 1 amide bonds. The van der Waals surface area contributed by atoms with Crippen molar-refractivity contribution in [2.24, 2.45) is 0 Å². The molecule has 0 saturated carbocycles. The summed E-state index contributed by atoms with van der Waals surface area (Å²) in [7, 11) is 0. The number of thiocarbonyl (C=S) groups is 1. The van der Waals surface area contributed by atoms with Crippen molar-refractivity contribution < 1.29 is 13.9 Å². The van der Waals surface area contributed by atoms with Gasteiger partial charge in [-0.3, -0.25) is 18.9 Å². The Labute approximate surface area is 207 Å². The average Bonchev–Trinajstić information content (AvgIpc) is 3.40. The van der Waals surface area contributed by atoms with Gasteiger partial charge in [-0.05, 0) is 57.0 Å². The van der Waals surface area contributed by atoms with Gasteiger partial charge >= 0.3 is 0 Å². The number of amides is 1. The van der Waals surface area contributed by atoms with Crippen LogP contribution in [0.5, 0.6) is 0 Å². The number of furan rings is 1. The molecule has 1 saturated heterocycles. The molecule has 0 unspecified atom stereocenters. The van der Waals surface area contributed by atoms with E-state index < -0.39 is 0 Å². The van der Waals surface area contributed by atoms with Crippen molar-refractivity contribution in [2.75, 3.05) is 18.5 Å². The highest BCUT2D eigenvalue weighted by atomic mass is 32.2. The molecular formula is C24H26N4O4S2. The fraction of sp³-hybridized carbons (Fsp3) is 0.333. The molecule has 178 valence electrons. The molecule has 8 nitrogen and oxygen atoms in total. The summed E-state index contributed by atoms with van der Waals surface area (Å²) in [5, 5.41) is 3.25. The fourth-order valence-electron chi connectivity index (χ4n) is 3.45. The largest absolute Gasteiger partial charge is 0.467 e. The first-order valence-electron chi connectivity index (χ1n) is 11.0. The summed E-state index contributed by atoms with van der Waals surface area (Å²) in [4.78, 5) is 33.0.